The Labute approximate surface area is 155 Å². The van der Waals surface area contributed by atoms with Crippen LogP contribution in [-0.2, 0) is 0 Å². The maximum atomic E-state index is 6.00. The van der Waals surface area contributed by atoms with Crippen LogP contribution in [0.1, 0.15) is 6.92 Å². The van der Waals surface area contributed by atoms with Crippen molar-refractivity contribution >= 4 is 46.3 Å². The Hall–Kier alpha value is -2.57. The molecular formula is C17H15Cl2N5O. The van der Waals surface area contributed by atoms with Crippen molar-refractivity contribution in [2.75, 3.05) is 17.2 Å². The summed E-state index contributed by atoms with van der Waals surface area (Å²) in [5.41, 5.74) is 1.47. The van der Waals surface area contributed by atoms with E-state index in [4.69, 9.17) is 27.9 Å². The van der Waals surface area contributed by atoms with Crippen LogP contribution in [0.15, 0.2) is 48.7 Å². The fourth-order valence-electron chi connectivity index (χ4n) is 2.16. The molecule has 0 aliphatic rings. The molecule has 3 rings (SSSR count). The van der Waals surface area contributed by atoms with Gasteiger partial charge in [0.15, 0.2) is 5.82 Å². The molecule has 0 bridgehead atoms. The van der Waals surface area contributed by atoms with Gasteiger partial charge < -0.3 is 15.4 Å². The van der Waals surface area contributed by atoms with Crippen LogP contribution in [0.5, 0.6) is 5.75 Å². The van der Waals surface area contributed by atoms with Crippen molar-refractivity contribution in [2.45, 2.75) is 6.92 Å². The number of aromatic nitrogens is 3. The minimum atomic E-state index is 0.338. The van der Waals surface area contributed by atoms with Crippen molar-refractivity contribution in [3.8, 4) is 5.75 Å². The topological polar surface area (TPSA) is 72.0 Å². The largest absolute Gasteiger partial charge is 0.492 e. The molecule has 0 amide bonds. The Balaban J connectivity index is 1.80. The van der Waals surface area contributed by atoms with Gasteiger partial charge in [0, 0.05) is 15.7 Å². The Kier molecular flexibility index (Phi) is 5.53. The molecule has 1 heterocycles. The minimum Gasteiger partial charge on any atom is -0.492 e. The predicted octanol–water partition coefficient (Wildman–Crippen LogP) is 5.06. The molecule has 0 radical (unpaired) electrons. The van der Waals surface area contributed by atoms with E-state index in [2.05, 4.69) is 25.8 Å². The molecule has 0 saturated heterocycles. The molecule has 0 aliphatic heterocycles. The monoisotopic (exact) mass is 375 g/mol. The van der Waals surface area contributed by atoms with Crippen LogP contribution < -0.4 is 15.4 Å². The first-order valence-corrected chi connectivity index (χ1v) is 8.31. The van der Waals surface area contributed by atoms with Crippen molar-refractivity contribution in [2.24, 2.45) is 0 Å². The van der Waals surface area contributed by atoms with E-state index in [9.17, 15) is 0 Å². The highest BCUT2D eigenvalue weighted by atomic mass is 35.5. The molecular weight excluding hydrogens is 361 g/mol. The number of anilines is 4. The summed E-state index contributed by atoms with van der Waals surface area (Å²) in [6, 6.07) is 12.7. The summed E-state index contributed by atoms with van der Waals surface area (Å²) in [7, 11) is 0. The van der Waals surface area contributed by atoms with Crippen LogP contribution in [0.25, 0.3) is 0 Å². The zero-order valence-electron chi connectivity index (χ0n) is 13.3. The van der Waals surface area contributed by atoms with Gasteiger partial charge in [0.1, 0.15) is 5.75 Å². The van der Waals surface area contributed by atoms with Gasteiger partial charge in [-0.2, -0.15) is 10.1 Å². The summed E-state index contributed by atoms with van der Waals surface area (Å²) in [6.07, 6.45) is 1.51. The normalized spacial score (nSPS) is 10.4. The van der Waals surface area contributed by atoms with Crippen molar-refractivity contribution in [1.29, 1.82) is 0 Å². The quantitative estimate of drug-likeness (QED) is 0.626. The van der Waals surface area contributed by atoms with E-state index >= 15 is 0 Å². The zero-order valence-corrected chi connectivity index (χ0v) is 14.8. The average Bonchev–Trinajstić information content (AvgIpc) is 2.56. The lowest BCUT2D eigenvalue weighted by atomic mass is 10.3. The van der Waals surface area contributed by atoms with Gasteiger partial charge in [-0.15, -0.1) is 5.10 Å². The Morgan fingerprint density at radius 3 is 2.56 bits per heavy atom. The summed E-state index contributed by atoms with van der Waals surface area (Å²) in [5, 5.41) is 15.2. The standard InChI is InChI=1S/C17H15Cl2N5O/c1-2-25-15-6-4-3-5-14(15)22-17-23-16(10-20-24-17)21-13-8-11(18)7-12(19)9-13/h3-10H,2H2,1H3,(H2,21,22,23,24). The second-order valence-electron chi connectivity index (χ2n) is 5.00. The number of para-hydroxylation sites is 2. The number of hydrogen-bond donors (Lipinski definition) is 2. The van der Waals surface area contributed by atoms with E-state index in [1.54, 1.807) is 18.2 Å². The van der Waals surface area contributed by atoms with Gasteiger partial charge in [0.25, 0.3) is 0 Å². The molecule has 0 spiro atoms. The zero-order chi connectivity index (χ0) is 17.6. The third-order valence-electron chi connectivity index (χ3n) is 3.13. The molecule has 128 valence electrons. The molecule has 8 heteroatoms. The Bertz CT molecular complexity index is 855. The summed E-state index contributed by atoms with van der Waals surface area (Å²) in [5.74, 6) is 1.56. The molecule has 0 unspecified atom stereocenters. The van der Waals surface area contributed by atoms with Crippen molar-refractivity contribution in [1.82, 2.24) is 15.2 Å². The van der Waals surface area contributed by atoms with Gasteiger partial charge in [-0.25, -0.2) is 0 Å². The maximum absolute atomic E-state index is 6.00. The fourth-order valence-corrected chi connectivity index (χ4v) is 2.69. The number of halogens is 2. The van der Waals surface area contributed by atoms with E-state index in [-0.39, 0.29) is 0 Å². The number of benzene rings is 2. The van der Waals surface area contributed by atoms with Gasteiger partial charge in [0.2, 0.25) is 5.95 Å². The first kappa shape index (κ1) is 17.3. The summed E-state index contributed by atoms with van der Waals surface area (Å²) >= 11 is 12.0. The lowest BCUT2D eigenvalue weighted by molar-refractivity contribution is 0.342. The van der Waals surface area contributed by atoms with Crippen molar-refractivity contribution in [3.63, 3.8) is 0 Å². The van der Waals surface area contributed by atoms with Crippen molar-refractivity contribution in [3.05, 3.63) is 58.7 Å². The smallest absolute Gasteiger partial charge is 0.249 e. The molecule has 2 aromatic carbocycles. The van der Waals surface area contributed by atoms with Gasteiger partial charge in [0.05, 0.1) is 18.5 Å². The molecule has 1 aromatic heterocycles. The summed E-state index contributed by atoms with van der Waals surface area (Å²) in [4.78, 5) is 4.39. The third kappa shape index (κ3) is 4.71. The van der Waals surface area contributed by atoms with Gasteiger partial charge in [-0.3, -0.25) is 0 Å². The van der Waals surface area contributed by atoms with Crippen molar-refractivity contribution < 1.29 is 4.74 Å². The van der Waals surface area contributed by atoms with Gasteiger partial charge in [-0.05, 0) is 37.3 Å². The van der Waals surface area contributed by atoms with E-state index in [0.717, 1.165) is 5.69 Å². The molecule has 25 heavy (non-hydrogen) atoms. The molecule has 3 aromatic rings. The number of nitrogens with zero attached hydrogens (tertiary/aromatic N) is 3. The van der Waals surface area contributed by atoms with Crippen LogP contribution in [0.3, 0.4) is 0 Å². The van der Waals surface area contributed by atoms with E-state index < -0.39 is 0 Å². The average molecular weight is 376 g/mol. The second-order valence-corrected chi connectivity index (χ2v) is 5.88. The van der Waals surface area contributed by atoms with Crippen LogP contribution >= 0.6 is 23.2 Å². The third-order valence-corrected chi connectivity index (χ3v) is 3.56. The van der Waals surface area contributed by atoms with Crippen LogP contribution in [0, 0.1) is 0 Å². The molecule has 2 N–H and O–H groups in total. The molecule has 6 nitrogen and oxygen atoms in total. The minimum absolute atomic E-state index is 0.338. The van der Waals surface area contributed by atoms with Gasteiger partial charge >= 0.3 is 0 Å². The molecule has 0 fully saturated rings. The first-order chi connectivity index (χ1) is 12.1. The predicted molar refractivity (Wildman–Crippen MR) is 100 cm³/mol. The second kappa shape index (κ2) is 8.00. The highest BCUT2D eigenvalue weighted by Crippen LogP contribution is 2.27. The lowest BCUT2D eigenvalue weighted by Gasteiger charge is -2.11. The Morgan fingerprint density at radius 1 is 1.04 bits per heavy atom. The van der Waals surface area contributed by atoms with E-state index in [0.29, 0.717) is 39.9 Å². The van der Waals surface area contributed by atoms with Gasteiger partial charge in [-0.1, -0.05) is 35.3 Å². The first-order valence-electron chi connectivity index (χ1n) is 7.55. The van der Waals surface area contributed by atoms with E-state index in [1.807, 2.05) is 31.2 Å². The van der Waals surface area contributed by atoms with E-state index in [1.165, 1.54) is 6.20 Å². The highest BCUT2D eigenvalue weighted by Gasteiger charge is 2.07. The van der Waals surface area contributed by atoms with Crippen LogP contribution in [0.2, 0.25) is 10.0 Å². The number of ether oxygens (including phenoxy) is 1. The Morgan fingerprint density at radius 2 is 1.80 bits per heavy atom. The molecule has 0 saturated carbocycles. The summed E-state index contributed by atoms with van der Waals surface area (Å²) in [6.45, 7) is 2.49. The molecule has 0 atom stereocenters. The lowest BCUT2D eigenvalue weighted by Crippen LogP contribution is -2.04. The number of hydrogen-bond acceptors (Lipinski definition) is 6. The summed E-state index contributed by atoms with van der Waals surface area (Å²) < 4.78 is 5.58. The maximum Gasteiger partial charge on any atom is 0.249 e. The SMILES string of the molecule is CCOc1ccccc1Nc1nncc(Nc2cc(Cl)cc(Cl)c2)n1. The fraction of sp³-hybridized carbons (Fsp3) is 0.118. The number of rotatable bonds is 6. The highest BCUT2D eigenvalue weighted by molar-refractivity contribution is 6.35. The number of nitrogens with one attached hydrogen (secondary N) is 2. The molecule has 0 aliphatic carbocycles. The van der Waals surface area contributed by atoms with Crippen LogP contribution in [-0.4, -0.2) is 21.8 Å². The van der Waals surface area contributed by atoms with Crippen LogP contribution in [0.4, 0.5) is 23.1 Å².